The van der Waals surface area contributed by atoms with Crippen molar-refractivity contribution in [3.05, 3.63) is 125 Å². The van der Waals surface area contributed by atoms with Crippen LogP contribution in [0.1, 0.15) is 95.3 Å². The number of pyridine rings is 1. The van der Waals surface area contributed by atoms with Crippen LogP contribution in [0.5, 0.6) is 5.75 Å². The Kier molecular flexibility index (Phi) is 14.6. The van der Waals surface area contributed by atoms with Crippen molar-refractivity contribution in [2.24, 2.45) is 11.8 Å². The largest absolute Gasteiger partial charge is 0.490 e. The molecule has 5 N–H and O–H groups in total. The summed E-state index contributed by atoms with van der Waals surface area (Å²) in [6.45, 7) is 5.99. The van der Waals surface area contributed by atoms with Crippen molar-refractivity contribution in [2.45, 2.75) is 76.9 Å². The number of nitrogens with one attached hydrogen (secondary N) is 4. The summed E-state index contributed by atoms with van der Waals surface area (Å²) in [5.74, 6) is -0.660. The van der Waals surface area contributed by atoms with E-state index in [1.807, 2.05) is 103 Å². The zero-order chi connectivity index (χ0) is 49.7. The number of piperidine rings is 1. The number of nitrogens with zero attached hydrogens (tertiary/aromatic N) is 5. The van der Waals surface area contributed by atoms with E-state index in [1.165, 1.54) is 30.6 Å². The number of unbranched alkanes of at least 4 members (excludes halogenated alkanes) is 1. The molecule has 2 aromatic heterocycles. The number of fused-ring (bicyclic) bond motifs is 2. The van der Waals surface area contributed by atoms with E-state index in [9.17, 15) is 24.3 Å². The molecule has 372 valence electrons. The lowest BCUT2D eigenvalue weighted by Crippen LogP contribution is -2.46. The highest BCUT2D eigenvalue weighted by molar-refractivity contribution is 7.22. The average Bonchev–Trinajstić information content (AvgIpc) is 3.82. The second-order valence-electron chi connectivity index (χ2n) is 19.4. The number of hydrogen-bond donors (Lipinski definition) is 5. The summed E-state index contributed by atoms with van der Waals surface area (Å²) in [6, 6.07) is 31.0. The number of carbonyl (C=O) groups excluding carboxylic acids is 3. The van der Waals surface area contributed by atoms with Gasteiger partial charge in [0, 0.05) is 80.8 Å². The highest BCUT2D eigenvalue weighted by Gasteiger charge is 2.32. The van der Waals surface area contributed by atoms with E-state index in [-0.39, 0.29) is 35.7 Å². The SMILES string of the molecule is CNc1cc(N2CCN(CCCCC3CCC(Oc4cccc(-c5ccc(N6CCc7cccc(C(=O)Nc8nc9ccccc9s8)c7C6)nc5C(=O)O)c4)CC3)CC2)ccc1C(=N)C1CCC(=O)NC1=O. The number of imide groups is 1. The molecular weight excluding hydrogens is 927 g/mol. The second-order valence-corrected chi connectivity index (χ2v) is 20.5. The number of rotatable bonds is 16. The van der Waals surface area contributed by atoms with Gasteiger partial charge in [-0.25, -0.2) is 14.8 Å². The molecule has 1 aliphatic carbocycles. The number of carbonyl (C=O) groups is 4. The zero-order valence-corrected chi connectivity index (χ0v) is 41.4. The molecule has 5 heterocycles. The molecule has 3 fully saturated rings. The summed E-state index contributed by atoms with van der Waals surface area (Å²) in [7, 11) is 1.83. The molecule has 2 saturated heterocycles. The predicted octanol–water partition coefficient (Wildman–Crippen LogP) is 9.26. The first-order chi connectivity index (χ1) is 35.1. The first kappa shape index (κ1) is 48.5. The topological polar surface area (TPSA) is 193 Å². The first-order valence-electron chi connectivity index (χ1n) is 25.3. The lowest BCUT2D eigenvalue weighted by atomic mass is 9.84. The van der Waals surface area contributed by atoms with Gasteiger partial charge in [0.05, 0.1) is 28.0 Å². The van der Waals surface area contributed by atoms with Crippen LogP contribution < -0.4 is 30.5 Å². The molecular formula is C56H61N9O6S. The lowest BCUT2D eigenvalue weighted by molar-refractivity contribution is -0.134. The molecule has 16 heteroatoms. The number of thiazole rings is 1. The summed E-state index contributed by atoms with van der Waals surface area (Å²) >= 11 is 1.44. The van der Waals surface area contributed by atoms with Crippen LogP contribution in [0.15, 0.2) is 97.1 Å². The number of benzene rings is 4. The van der Waals surface area contributed by atoms with Crippen molar-refractivity contribution in [3.63, 3.8) is 0 Å². The van der Waals surface area contributed by atoms with E-state index >= 15 is 0 Å². The van der Waals surface area contributed by atoms with Gasteiger partial charge >= 0.3 is 5.97 Å². The number of aromatic nitrogens is 2. The summed E-state index contributed by atoms with van der Waals surface area (Å²) in [5.41, 5.74) is 7.47. The van der Waals surface area contributed by atoms with Crippen molar-refractivity contribution < 1.29 is 29.0 Å². The van der Waals surface area contributed by atoms with E-state index in [0.29, 0.717) is 59.5 Å². The standard InChI is InChI=1S/C56H61N9O6S/c1-58-47-33-38(17-20-43(47)51(57)44-22-24-50(66)61-54(44)68)64-30-28-63(29-31-64)26-5-4-8-35-15-18-39(19-16-35)71-40-11-6-10-37(32-40)41-21-23-49(60-52(41)55(69)70)65-27-25-36-9-7-12-42(45(36)34-65)53(67)62-56-59-46-13-2-3-14-48(46)72-56/h2-3,6-7,9-14,17,20-21,23,32-33,35,39,44,57-58H,4-5,8,15-16,18-19,22,24-31,34H2,1H3,(H,69,70)(H,59,62,67)(H,61,66,68). The number of carboxylic acid groups (broad SMARTS) is 1. The minimum atomic E-state index is -1.11. The Morgan fingerprint density at radius 3 is 2.44 bits per heavy atom. The van der Waals surface area contributed by atoms with Gasteiger partial charge in [-0.2, -0.15) is 0 Å². The number of carboxylic acids is 1. The third-order valence-corrected chi connectivity index (χ3v) is 15.9. The van der Waals surface area contributed by atoms with E-state index in [4.69, 9.17) is 15.1 Å². The van der Waals surface area contributed by atoms with Crippen LogP contribution in [0, 0.1) is 17.2 Å². The molecule has 0 radical (unpaired) electrons. The number of piperazine rings is 1. The van der Waals surface area contributed by atoms with Crippen molar-refractivity contribution in [3.8, 4) is 16.9 Å². The van der Waals surface area contributed by atoms with Gasteiger partial charge < -0.3 is 30.4 Å². The van der Waals surface area contributed by atoms with E-state index < -0.39 is 17.8 Å². The Bertz CT molecular complexity index is 2980. The van der Waals surface area contributed by atoms with Gasteiger partial charge in [-0.3, -0.25) is 29.9 Å². The fourth-order valence-corrected chi connectivity index (χ4v) is 11.8. The molecule has 3 amide bonds. The number of amides is 3. The summed E-state index contributed by atoms with van der Waals surface area (Å²) in [4.78, 5) is 66.8. The molecule has 15 nitrogen and oxygen atoms in total. The fourth-order valence-electron chi connectivity index (χ4n) is 10.9. The quantitative estimate of drug-likeness (QED) is 0.0351. The van der Waals surface area contributed by atoms with Crippen LogP contribution in [0.25, 0.3) is 21.3 Å². The van der Waals surface area contributed by atoms with Crippen LogP contribution >= 0.6 is 11.3 Å². The van der Waals surface area contributed by atoms with E-state index in [1.54, 1.807) is 0 Å². The molecule has 72 heavy (non-hydrogen) atoms. The van der Waals surface area contributed by atoms with Crippen LogP contribution in [-0.4, -0.2) is 102 Å². The van der Waals surface area contributed by atoms with Gasteiger partial charge in [-0.15, -0.1) is 0 Å². The fraction of sp³-hybridized carbons (Fsp3) is 0.375. The minimum Gasteiger partial charge on any atom is -0.490 e. The van der Waals surface area contributed by atoms with Gasteiger partial charge in [0.1, 0.15) is 11.6 Å². The summed E-state index contributed by atoms with van der Waals surface area (Å²) < 4.78 is 7.55. The van der Waals surface area contributed by atoms with Crippen LogP contribution in [-0.2, 0) is 22.6 Å². The predicted molar refractivity (Wildman–Crippen MR) is 283 cm³/mol. The average molecular weight is 988 g/mol. The van der Waals surface area contributed by atoms with Crippen molar-refractivity contribution >= 4 is 73.3 Å². The lowest BCUT2D eigenvalue weighted by Gasteiger charge is -2.36. The molecule has 4 aromatic carbocycles. The third kappa shape index (κ3) is 10.8. The van der Waals surface area contributed by atoms with Crippen LogP contribution in [0.2, 0.25) is 0 Å². The Morgan fingerprint density at radius 2 is 1.65 bits per heavy atom. The minimum absolute atomic E-state index is 0.0287. The van der Waals surface area contributed by atoms with Crippen LogP contribution in [0.3, 0.4) is 0 Å². The number of ether oxygens (including phenoxy) is 1. The monoisotopic (exact) mass is 987 g/mol. The third-order valence-electron chi connectivity index (χ3n) is 14.9. The Balaban J connectivity index is 0.676. The molecule has 1 atom stereocenters. The summed E-state index contributed by atoms with van der Waals surface area (Å²) in [5, 5.41) is 28.3. The molecule has 0 spiro atoms. The zero-order valence-electron chi connectivity index (χ0n) is 40.6. The first-order valence-corrected chi connectivity index (χ1v) is 26.1. The molecule has 6 aromatic rings. The van der Waals surface area contributed by atoms with Gasteiger partial charge in [0.15, 0.2) is 10.8 Å². The highest BCUT2D eigenvalue weighted by atomic mass is 32.1. The van der Waals surface area contributed by atoms with Crippen molar-refractivity contribution in [2.75, 3.05) is 66.7 Å². The Labute approximate surface area is 423 Å². The number of hydrogen-bond acceptors (Lipinski definition) is 13. The maximum absolute atomic E-state index is 13.6. The smallest absolute Gasteiger partial charge is 0.355 e. The molecule has 0 bridgehead atoms. The maximum atomic E-state index is 13.6. The molecule has 3 aliphatic heterocycles. The number of aromatic carboxylic acids is 1. The molecule has 1 unspecified atom stereocenters. The van der Waals surface area contributed by atoms with Gasteiger partial charge in [0.2, 0.25) is 11.8 Å². The Hall–Kier alpha value is -7.17. The highest BCUT2D eigenvalue weighted by Crippen LogP contribution is 2.36. The van der Waals surface area contributed by atoms with Gasteiger partial charge in [0.25, 0.3) is 5.91 Å². The second kappa shape index (κ2) is 21.7. The van der Waals surface area contributed by atoms with Crippen molar-refractivity contribution in [1.82, 2.24) is 20.2 Å². The van der Waals surface area contributed by atoms with E-state index in [2.05, 4.69) is 36.8 Å². The van der Waals surface area contributed by atoms with Crippen LogP contribution in [0.4, 0.5) is 22.3 Å². The summed E-state index contributed by atoms with van der Waals surface area (Å²) in [6.07, 6.45) is 9.27. The maximum Gasteiger partial charge on any atom is 0.355 e. The normalized spacial score (nSPS) is 19.4. The van der Waals surface area contributed by atoms with Crippen molar-refractivity contribution in [1.29, 1.82) is 5.41 Å². The number of anilines is 4. The Morgan fingerprint density at radius 1 is 0.833 bits per heavy atom. The van der Waals surface area contributed by atoms with Gasteiger partial charge in [-0.1, -0.05) is 60.6 Å². The molecule has 10 rings (SSSR count). The molecule has 4 aliphatic rings. The number of para-hydroxylation sites is 1. The molecule has 1 saturated carbocycles. The van der Waals surface area contributed by atoms with Gasteiger partial charge in [-0.05, 0) is 135 Å². The van der Waals surface area contributed by atoms with E-state index in [0.717, 1.165) is 102 Å².